The van der Waals surface area contributed by atoms with Gasteiger partial charge in [-0.1, -0.05) is 6.42 Å². The molecule has 0 saturated carbocycles. The first kappa shape index (κ1) is 13.9. The number of hydrogen-bond donors (Lipinski definition) is 1. The summed E-state index contributed by atoms with van der Waals surface area (Å²) in [6.45, 7) is 2.60. The summed E-state index contributed by atoms with van der Waals surface area (Å²) in [6.07, 6.45) is 6.94. The smallest absolute Gasteiger partial charge is 0.261 e. The topological polar surface area (TPSA) is 29.1 Å². The highest BCUT2D eigenvalue weighted by molar-refractivity contribution is 7.14. The van der Waals surface area contributed by atoms with Gasteiger partial charge in [0.25, 0.3) is 5.91 Å². The molecule has 4 heteroatoms. The lowest BCUT2D eigenvalue weighted by Gasteiger charge is -2.04. The van der Waals surface area contributed by atoms with E-state index in [0.717, 1.165) is 24.1 Å². The zero-order valence-electron chi connectivity index (χ0n) is 10.8. The van der Waals surface area contributed by atoms with Crippen LogP contribution in [0.25, 0.3) is 0 Å². The molecular formula is C14H20ClNOS. The Kier molecular flexibility index (Phi) is 5.07. The molecule has 1 atom stereocenters. The van der Waals surface area contributed by atoms with Crippen molar-refractivity contribution in [1.82, 2.24) is 5.32 Å². The molecule has 1 heterocycles. The van der Waals surface area contributed by atoms with E-state index >= 15 is 0 Å². The third-order valence-electron chi connectivity index (χ3n) is 3.30. The third kappa shape index (κ3) is 3.72. The molecule has 0 bridgehead atoms. The van der Waals surface area contributed by atoms with E-state index in [2.05, 4.69) is 11.4 Å². The molecule has 0 radical (unpaired) electrons. The van der Waals surface area contributed by atoms with Crippen molar-refractivity contribution >= 4 is 28.8 Å². The highest BCUT2D eigenvalue weighted by atomic mass is 35.5. The first-order chi connectivity index (χ1) is 8.66. The number of halogens is 1. The predicted octanol–water partition coefficient (Wildman–Crippen LogP) is 3.76. The van der Waals surface area contributed by atoms with E-state index in [0.29, 0.717) is 6.54 Å². The average molecular weight is 286 g/mol. The van der Waals surface area contributed by atoms with Crippen LogP contribution in [0.3, 0.4) is 0 Å². The summed E-state index contributed by atoms with van der Waals surface area (Å²) in [6, 6.07) is 2.09. The van der Waals surface area contributed by atoms with Crippen molar-refractivity contribution < 1.29 is 4.79 Å². The molecule has 18 heavy (non-hydrogen) atoms. The van der Waals surface area contributed by atoms with Gasteiger partial charge in [-0.3, -0.25) is 4.79 Å². The average Bonchev–Trinajstić information content (AvgIpc) is 2.60. The van der Waals surface area contributed by atoms with Gasteiger partial charge in [0.05, 0.1) is 4.88 Å². The van der Waals surface area contributed by atoms with Crippen LogP contribution in [0, 0.1) is 0 Å². The molecule has 0 spiro atoms. The second kappa shape index (κ2) is 6.58. The summed E-state index contributed by atoms with van der Waals surface area (Å²) in [5.74, 6) is 0.0605. The lowest BCUT2D eigenvalue weighted by atomic mass is 10.1. The van der Waals surface area contributed by atoms with Gasteiger partial charge in [0.1, 0.15) is 0 Å². The van der Waals surface area contributed by atoms with Gasteiger partial charge < -0.3 is 5.32 Å². The van der Waals surface area contributed by atoms with E-state index in [4.69, 9.17) is 11.6 Å². The minimum absolute atomic E-state index is 0.0605. The minimum atomic E-state index is 0.0605. The summed E-state index contributed by atoms with van der Waals surface area (Å²) >= 11 is 7.53. The highest BCUT2D eigenvalue weighted by Crippen LogP contribution is 2.28. The Morgan fingerprint density at radius 1 is 1.44 bits per heavy atom. The second-order valence-electron chi connectivity index (χ2n) is 4.95. The zero-order chi connectivity index (χ0) is 13.0. The van der Waals surface area contributed by atoms with E-state index in [1.807, 2.05) is 6.92 Å². The molecule has 2 rings (SSSR count). The number of hydrogen-bond acceptors (Lipinski definition) is 2. The molecule has 1 N–H and O–H groups in total. The Balaban J connectivity index is 1.94. The number of carbonyl (C=O) groups excluding carboxylic acids is 1. The predicted molar refractivity (Wildman–Crippen MR) is 77.8 cm³/mol. The lowest BCUT2D eigenvalue weighted by Crippen LogP contribution is -2.24. The fourth-order valence-corrected chi connectivity index (χ4v) is 3.53. The molecule has 1 aliphatic rings. The minimum Gasteiger partial charge on any atom is -0.351 e. The zero-order valence-corrected chi connectivity index (χ0v) is 12.4. The van der Waals surface area contributed by atoms with E-state index in [9.17, 15) is 4.79 Å². The Labute approximate surface area is 118 Å². The van der Waals surface area contributed by atoms with Crippen molar-refractivity contribution in [3.8, 4) is 0 Å². The molecule has 1 aromatic heterocycles. The van der Waals surface area contributed by atoms with Crippen LogP contribution < -0.4 is 5.32 Å². The Bertz CT molecular complexity index is 390. The van der Waals surface area contributed by atoms with Crippen molar-refractivity contribution in [3.05, 3.63) is 21.4 Å². The van der Waals surface area contributed by atoms with Gasteiger partial charge in [-0.25, -0.2) is 0 Å². The Hall–Kier alpha value is -0.540. The van der Waals surface area contributed by atoms with Crippen LogP contribution >= 0.6 is 22.9 Å². The maximum Gasteiger partial charge on any atom is 0.261 e. The van der Waals surface area contributed by atoms with Gasteiger partial charge in [-0.05, 0) is 50.7 Å². The SMILES string of the molecule is CC(Cl)CCNC(=O)c1cc2c(s1)CCCCC2. The first-order valence-corrected chi connectivity index (χ1v) is 7.96. The van der Waals surface area contributed by atoms with Crippen LogP contribution in [0.4, 0.5) is 0 Å². The van der Waals surface area contributed by atoms with Crippen molar-refractivity contribution in [2.24, 2.45) is 0 Å². The molecule has 1 aliphatic carbocycles. The molecule has 100 valence electrons. The molecular weight excluding hydrogens is 266 g/mol. The van der Waals surface area contributed by atoms with Gasteiger partial charge in [0, 0.05) is 16.8 Å². The molecule has 1 aromatic rings. The van der Waals surface area contributed by atoms with Crippen LogP contribution in [-0.4, -0.2) is 17.8 Å². The van der Waals surface area contributed by atoms with Gasteiger partial charge in [0.15, 0.2) is 0 Å². The lowest BCUT2D eigenvalue weighted by molar-refractivity contribution is 0.0957. The second-order valence-corrected chi connectivity index (χ2v) is 6.83. The molecule has 0 saturated heterocycles. The Morgan fingerprint density at radius 2 is 2.22 bits per heavy atom. The van der Waals surface area contributed by atoms with Crippen molar-refractivity contribution in [1.29, 1.82) is 0 Å². The number of carbonyl (C=O) groups is 1. The fraction of sp³-hybridized carbons (Fsp3) is 0.643. The van der Waals surface area contributed by atoms with Crippen molar-refractivity contribution in [2.75, 3.05) is 6.54 Å². The number of rotatable bonds is 4. The number of fused-ring (bicyclic) bond motifs is 1. The van der Waals surface area contributed by atoms with Crippen molar-refractivity contribution in [2.45, 2.75) is 50.8 Å². The van der Waals surface area contributed by atoms with Gasteiger partial charge in [-0.15, -0.1) is 22.9 Å². The molecule has 0 aliphatic heterocycles. The van der Waals surface area contributed by atoms with Crippen LogP contribution in [0.5, 0.6) is 0 Å². The van der Waals surface area contributed by atoms with Crippen molar-refractivity contribution in [3.63, 3.8) is 0 Å². The number of nitrogens with one attached hydrogen (secondary N) is 1. The van der Waals surface area contributed by atoms with E-state index in [1.165, 1.54) is 29.7 Å². The van der Waals surface area contributed by atoms with Crippen LogP contribution in [0.2, 0.25) is 0 Å². The summed E-state index contributed by atoms with van der Waals surface area (Å²) in [5, 5.41) is 3.06. The number of aryl methyl sites for hydroxylation is 2. The number of thiophene rings is 1. The Morgan fingerprint density at radius 3 is 3.00 bits per heavy atom. The number of alkyl halides is 1. The van der Waals surface area contributed by atoms with Gasteiger partial charge >= 0.3 is 0 Å². The fourth-order valence-electron chi connectivity index (χ4n) is 2.25. The van der Waals surface area contributed by atoms with Gasteiger partial charge in [-0.2, -0.15) is 0 Å². The molecule has 2 nitrogen and oxygen atoms in total. The van der Waals surface area contributed by atoms with Crippen LogP contribution in [0.15, 0.2) is 6.07 Å². The standard InChI is InChI=1S/C14H20ClNOS/c1-10(15)7-8-16-14(17)13-9-11-5-3-2-4-6-12(11)18-13/h9-10H,2-8H2,1H3,(H,16,17). The maximum atomic E-state index is 12.0. The number of amides is 1. The molecule has 1 unspecified atom stereocenters. The van der Waals surface area contributed by atoms with Gasteiger partial charge in [0.2, 0.25) is 0 Å². The third-order valence-corrected chi connectivity index (χ3v) is 4.75. The summed E-state index contributed by atoms with van der Waals surface area (Å²) in [4.78, 5) is 14.3. The maximum absolute atomic E-state index is 12.0. The molecule has 0 fully saturated rings. The normalized spacial score (nSPS) is 16.8. The summed E-state index contributed by atoms with van der Waals surface area (Å²) < 4.78 is 0. The quantitative estimate of drug-likeness (QED) is 0.662. The van der Waals surface area contributed by atoms with Crippen LogP contribution in [-0.2, 0) is 12.8 Å². The summed E-state index contributed by atoms with van der Waals surface area (Å²) in [7, 11) is 0. The molecule has 1 amide bonds. The summed E-state index contributed by atoms with van der Waals surface area (Å²) in [5.41, 5.74) is 1.40. The van der Waals surface area contributed by atoms with E-state index < -0.39 is 0 Å². The van der Waals surface area contributed by atoms with Crippen LogP contribution in [0.1, 0.15) is 52.7 Å². The monoisotopic (exact) mass is 285 g/mol. The van der Waals surface area contributed by atoms with E-state index in [1.54, 1.807) is 11.3 Å². The molecule has 0 aromatic carbocycles. The first-order valence-electron chi connectivity index (χ1n) is 6.70. The highest BCUT2D eigenvalue weighted by Gasteiger charge is 2.16. The van der Waals surface area contributed by atoms with E-state index in [-0.39, 0.29) is 11.3 Å². The largest absolute Gasteiger partial charge is 0.351 e.